The van der Waals surface area contributed by atoms with Crippen LogP contribution in [0.4, 0.5) is 15.1 Å². The number of imide groups is 1. The fourth-order valence-corrected chi connectivity index (χ4v) is 4.89. The fraction of sp³-hybridized carbons (Fsp3) is 0.200. The van der Waals surface area contributed by atoms with Gasteiger partial charge in [0.25, 0.3) is 11.1 Å². The van der Waals surface area contributed by atoms with Gasteiger partial charge in [0, 0.05) is 32.4 Å². The molecule has 2 aliphatic heterocycles. The molecule has 2 amide bonds. The van der Waals surface area contributed by atoms with Crippen LogP contribution in [0, 0.1) is 5.82 Å². The Morgan fingerprint density at radius 2 is 1.65 bits per heavy atom. The SMILES string of the molecule is O=C1NC(=O)/C(=C/c2ccnc(N3CCN(C(c4ccccc4)c4ccc(F)cc4)CC3)n2)S1. The number of hydrogen-bond acceptors (Lipinski definition) is 7. The van der Waals surface area contributed by atoms with E-state index in [0.717, 1.165) is 49.1 Å². The molecule has 7 nitrogen and oxygen atoms in total. The summed E-state index contributed by atoms with van der Waals surface area (Å²) < 4.78 is 13.6. The molecule has 1 N–H and O–H groups in total. The minimum absolute atomic E-state index is 0.0244. The number of benzene rings is 2. The summed E-state index contributed by atoms with van der Waals surface area (Å²) in [7, 11) is 0. The number of piperazine rings is 1. The van der Waals surface area contributed by atoms with Gasteiger partial charge in [-0.1, -0.05) is 42.5 Å². The maximum Gasteiger partial charge on any atom is 0.290 e. The van der Waals surface area contributed by atoms with Gasteiger partial charge in [-0.15, -0.1) is 0 Å². The molecular weight excluding hydrogens is 453 g/mol. The Morgan fingerprint density at radius 3 is 2.32 bits per heavy atom. The highest BCUT2D eigenvalue weighted by Crippen LogP contribution is 2.30. The first kappa shape index (κ1) is 22.2. The van der Waals surface area contributed by atoms with Crippen LogP contribution in [0.15, 0.2) is 71.8 Å². The maximum atomic E-state index is 13.6. The topological polar surface area (TPSA) is 78.4 Å². The molecule has 2 aromatic carbocycles. The Kier molecular flexibility index (Phi) is 6.37. The Hall–Kier alpha value is -3.56. The zero-order valence-corrected chi connectivity index (χ0v) is 19.0. The van der Waals surface area contributed by atoms with E-state index in [-0.39, 0.29) is 17.1 Å². The van der Waals surface area contributed by atoms with E-state index in [0.29, 0.717) is 16.5 Å². The molecular formula is C25H22FN5O2S. The van der Waals surface area contributed by atoms with E-state index in [1.54, 1.807) is 18.3 Å². The Morgan fingerprint density at radius 1 is 0.941 bits per heavy atom. The number of nitrogens with zero attached hydrogens (tertiary/aromatic N) is 4. The number of hydrogen-bond donors (Lipinski definition) is 1. The van der Waals surface area contributed by atoms with Gasteiger partial charge in [-0.3, -0.25) is 19.8 Å². The van der Waals surface area contributed by atoms with Crippen molar-refractivity contribution < 1.29 is 14.0 Å². The number of halogens is 1. The summed E-state index contributed by atoms with van der Waals surface area (Å²) in [5.41, 5.74) is 2.79. The number of anilines is 1. The van der Waals surface area contributed by atoms with Crippen molar-refractivity contribution in [2.75, 3.05) is 31.1 Å². The maximum absolute atomic E-state index is 13.6. The van der Waals surface area contributed by atoms with Crippen LogP contribution in [-0.4, -0.2) is 52.2 Å². The zero-order chi connectivity index (χ0) is 23.5. The standard InChI is InChI=1S/C25H22FN5O2S/c26-19-8-6-18(7-9-19)22(17-4-2-1-3-5-17)30-12-14-31(15-13-30)24-27-11-10-20(28-24)16-21-23(32)29-25(33)34-21/h1-11,16,22H,12-15H2,(H,29,32,33)/b21-16-. The van der Waals surface area contributed by atoms with Crippen molar-refractivity contribution in [2.24, 2.45) is 0 Å². The van der Waals surface area contributed by atoms with E-state index in [4.69, 9.17) is 0 Å². The van der Waals surface area contributed by atoms with Gasteiger partial charge in [-0.05, 0) is 47.2 Å². The summed E-state index contributed by atoms with van der Waals surface area (Å²) in [5.74, 6) is -0.0662. The first-order chi connectivity index (χ1) is 16.6. The number of aromatic nitrogens is 2. The number of carbonyl (C=O) groups is 2. The first-order valence-electron chi connectivity index (χ1n) is 10.9. The quantitative estimate of drug-likeness (QED) is 0.562. The van der Waals surface area contributed by atoms with Crippen LogP contribution >= 0.6 is 11.8 Å². The van der Waals surface area contributed by atoms with E-state index in [9.17, 15) is 14.0 Å². The van der Waals surface area contributed by atoms with Gasteiger partial charge >= 0.3 is 0 Å². The predicted molar refractivity (Wildman–Crippen MR) is 130 cm³/mol. The van der Waals surface area contributed by atoms with Crippen molar-refractivity contribution in [3.05, 3.63) is 94.4 Å². The van der Waals surface area contributed by atoms with Crippen molar-refractivity contribution in [1.29, 1.82) is 0 Å². The highest BCUT2D eigenvalue weighted by molar-refractivity contribution is 8.18. The fourth-order valence-electron chi connectivity index (χ4n) is 4.22. The molecule has 1 unspecified atom stereocenters. The average Bonchev–Trinajstić information content (AvgIpc) is 3.18. The molecule has 0 saturated carbocycles. The molecule has 3 heterocycles. The van der Waals surface area contributed by atoms with Crippen molar-refractivity contribution in [2.45, 2.75) is 6.04 Å². The molecule has 5 rings (SSSR count). The summed E-state index contributed by atoms with van der Waals surface area (Å²) in [6.07, 6.45) is 3.26. The van der Waals surface area contributed by atoms with Crippen LogP contribution in [-0.2, 0) is 4.79 Å². The number of nitrogens with one attached hydrogen (secondary N) is 1. The van der Waals surface area contributed by atoms with Crippen molar-refractivity contribution in [3.8, 4) is 0 Å². The molecule has 0 spiro atoms. The molecule has 0 bridgehead atoms. The highest BCUT2D eigenvalue weighted by Gasteiger charge is 2.28. The lowest BCUT2D eigenvalue weighted by molar-refractivity contribution is -0.115. The molecule has 2 aliphatic rings. The van der Waals surface area contributed by atoms with Crippen LogP contribution in [0.3, 0.4) is 0 Å². The van der Waals surface area contributed by atoms with Gasteiger partial charge in [0.1, 0.15) is 5.82 Å². The number of amides is 2. The third-order valence-electron chi connectivity index (χ3n) is 5.85. The Balaban J connectivity index is 1.32. The molecule has 1 aromatic heterocycles. The summed E-state index contributed by atoms with van der Waals surface area (Å²) in [4.78, 5) is 37.1. The third-order valence-corrected chi connectivity index (χ3v) is 6.66. The first-order valence-corrected chi connectivity index (χ1v) is 11.8. The van der Waals surface area contributed by atoms with Crippen LogP contribution in [0.1, 0.15) is 22.9 Å². The molecule has 3 aromatic rings. The van der Waals surface area contributed by atoms with E-state index in [2.05, 4.69) is 37.2 Å². The second kappa shape index (κ2) is 9.74. The van der Waals surface area contributed by atoms with Gasteiger partial charge in [0.15, 0.2) is 0 Å². The van der Waals surface area contributed by atoms with Crippen LogP contribution in [0.5, 0.6) is 0 Å². The molecule has 9 heteroatoms. The summed E-state index contributed by atoms with van der Waals surface area (Å²) in [6, 6.07) is 18.7. The molecule has 2 fully saturated rings. The van der Waals surface area contributed by atoms with Gasteiger partial charge in [-0.25, -0.2) is 14.4 Å². The molecule has 2 saturated heterocycles. The molecule has 1 atom stereocenters. The Labute approximate surface area is 200 Å². The smallest absolute Gasteiger partial charge is 0.290 e. The second-order valence-electron chi connectivity index (χ2n) is 8.02. The van der Waals surface area contributed by atoms with Crippen molar-refractivity contribution in [1.82, 2.24) is 20.2 Å². The largest absolute Gasteiger partial charge is 0.338 e. The number of rotatable bonds is 5. The lowest BCUT2D eigenvalue weighted by Gasteiger charge is -2.39. The highest BCUT2D eigenvalue weighted by atomic mass is 32.2. The number of thioether (sulfide) groups is 1. The van der Waals surface area contributed by atoms with Gasteiger partial charge in [0.2, 0.25) is 5.95 Å². The van der Waals surface area contributed by atoms with Crippen LogP contribution in [0.25, 0.3) is 6.08 Å². The normalized spacial score (nSPS) is 18.9. The Bertz CT molecular complexity index is 1230. The van der Waals surface area contributed by atoms with E-state index in [1.165, 1.54) is 12.1 Å². The van der Waals surface area contributed by atoms with Crippen molar-refractivity contribution in [3.63, 3.8) is 0 Å². The predicted octanol–water partition coefficient (Wildman–Crippen LogP) is 3.85. The summed E-state index contributed by atoms with van der Waals surface area (Å²) in [6.45, 7) is 2.99. The van der Waals surface area contributed by atoms with Gasteiger partial charge in [-0.2, -0.15) is 0 Å². The molecule has 0 radical (unpaired) electrons. The molecule has 172 valence electrons. The lowest BCUT2D eigenvalue weighted by Crippen LogP contribution is -2.48. The van der Waals surface area contributed by atoms with E-state index >= 15 is 0 Å². The van der Waals surface area contributed by atoms with Crippen LogP contribution in [0.2, 0.25) is 0 Å². The second-order valence-corrected chi connectivity index (χ2v) is 9.04. The average molecular weight is 476 g/mol. The third kappa shape index (κ3) is 4.85. The monoisotopic (exact) mass is 475 g/mol. The van der Waals surface area contributed by atoms with Crippen LogP contribution < -0.4 is 10.2 Å². The van der Waals surface area contributed by atoms with E-state index < -0.39 is 5.91 Å². The lowest BCUT2D eigenvalue weighted by atomic mass is 9.96. The molecule has 34 heavy (non-hydrogen) atoms. The van der Waals surface area contributed by atoms with Gasteiger partial charge < -0.3 is 4.90 Å². The minimum Gasteiger partial charge on any atom is -0.338 e. The van der Waals surface area contributed by atoms with Crippen molar-refractivity contribution >= 4 is 34.9 Å². The zero-order valence-electron chi connectivity index (χ0n) is 18.2. The summed E-state index contributed by atoms with van der Waals surface area (Å²) >= 11 is 0.867. The van der Waals surface area contributed by atoms with Gasteiger partial charge in [0.05, 0.1) is 16.6 Å². The van der Waals surface area contributed by atoms with E-state index in [1.807, 2.05) is 30.3 Å². The molecule has 0 aliphatic carbocycles. The number of carbonyl (C=O) groups excluding carboxylic acids is 2. The summed E-state index contributed by atoms with van der Waals surface area (Å²) in [5, 5.41) is 1.87. The minimum atomic E-state index is -0.406.